The number of nitrogens with one attached hydrogen (secondary N) is 1. The first-order valence-corrected chi connectivity index (χ1v) is 6.16. The molecule has 4 nitrogen and oxygen atoms in total. The summed E-state index contributed by atoms with van der Waals surface area (Å²) >= 11 is 0. The van der Waals surface area contributed by atoms with E-state index in [2.05, 4.69) is 31.0 Å². The third-order valence-electron chi connectivity index (χ3n) is 3.39. The molecule has 0 aromatic heterocycles. The Balaban J connectivity index is 2.79. The van der Waals surface area contributed by atoms with Gasteiger partial charge in [0.1, 0.15) is 0 Å². The number of aliphatic carboxylic acids is 1. The van der Waals surface area contributed by atoms with Gasteiger partial charge in [0.15, 0.2) is 0 Å². The van der Waals surface area contributed by atoms with Crippen molar-refractivity contribution in [1.82, 2.24) is 10.2 Å². The number of rotatable bonds is 4. The number of nitrogens with zero attached hydrogens (tertiary/aromatic N) is 1. The Bertz CT molecular complexity index is 241. The highest BCUT2D eigenvalue weighted by molar-refractivity contribution is 5.67. The highest BCUT2D eigenvalue weighted by atomic mass is 16.4. The van der Waals surface area contributed by atoms with Gasteiger partial charge < -0.3 is 10.4 Å². The second-order valence-electron chi connectivity index (χ2n) is 5.21. The maximum atomic E-state index is 10.9. The van der Waals surface area contributed by atoms with Gasteiger partial charge >= 0.3 is 5.97 Å². The van der Waals surface area contributed by atoms with E-state index >= 15 is 0 Å². The molecule has 0 amide bonds. The van der Waals surface area contributed by atoms with E-state index in [1.165, 1.54) is 0 Å². The first-order valence-electron chi connectivity index (χ1n) is 6.16. The Morgan fingerprint density at radius 2 is 2.25 bits per heavy atom. The van der Waals surface area contributed by atoms with E-state index in [1.54, 1.807) is 0 Å². The summed E-state index contributed by atoms with van der Waals surface area (Å²) in [5, 5.41) is 12.3. The summed E-state index contributed by atoms with van der Waals surface area (Å²) in [6.07, 6.45) is 2.37. The number of carboxylic acids is 1. The maximum Gasteiger partial charge on any atom is 0.304 e. The molecule has 1 heterocycles. The van der Waals surface area contributed by atoms with Crippen molar-refractivity contribution in [3.8, 4) is 0 Å². The van der Waals surface area contributed by atoms with Gasteiger partial charge in [-0.2, -0.15) is 0 Å². The van der Waals surface area contributed by atoms with Crippen molar-refractivity contribution >= 4 is 5.97 Å². The molecule has 94 valence electrons. The van der Waals surface area contributed by atoms with Gasteiger partial charge in [-0.05, 0) is 39.8 Å². The normalized spacial score (nSPS) is 26.3. The molecule has 2 N–H and O–H groups in total. The van der Waals surface area contributed by atoms with Crippen molar-refractivity contribution in [3.63, 3.8) is 0 Å². The molecule has 0 aliphatic carbocycles. The van der Waals surface area contributed by atoms with Crippen molar-refractivity contribution in [2.24, 2.45) is 0 Å². The Hall–Kier alpha value is -0.610. The van der Waals surface area contributed by atoms with E-state index in [9.17, 15) is 4.79 Å². The lowest BCUT2D eigenvalue weighted by molar-refractivity contribution is -0.138. The quantitative estimate of drug-likeness (QED) is 0.762. The summed E-state index contributed by atoms with van der Waals surface area (Å²) < 4.78 is 0. The molecule has 16 heavy (non-hydrogen) atoms. The topological polar surface area (TPSA) is 52.6 Å². The summed E-state index contributed by atoms with van der Waals surface area (Å²) in [5.74, 6) is -0.703. The molecule has 1 aliphatic heterocycles. The Morgan fingerprint density at radius 1 is 1.56 bits per heavy atom. The zero-order valence-electron chi connectivity index (χ0n) is 10.6. The van der Waals surface area contributed by atoms with Gasteiger partial charge in [-0.15, -0.1) is 0 Å². The van der Waals surface area contributed by atoms with Crippen LogP contribution in [0.15, 0.2) is 0 Å². The van der Waals surface area contributed by atoms with E-state index in [0.29, 0.717) is 0 Å². The van der Waals surface area contributed by atoms with Crippen LogP contribution in [0.3, 0.4) is 0 Å². The molecule has 0 saturated carbocycles. The lowest BCUT2D eigenvalue weighted by atomic mass is 9.96. The van der Waals surface area contributed by atoms with E-state index < -0.39 is 5.97 Å². The summed E-state index contributed by atoms with van der Waals surface area (Å²) in [7, 11) is 0. The molecular weight excluding hydrogens is 204 g/mol. The predicted molar refractivity (Wildman–Crippen MR) is 64.6 cm³/mol. The molecule has 4 heteroatoms. The molecule has 1 aliphatic rings. The Morgan fingerprint density at radius 3 is 2.81 bits per heavy atom. The summed E-state index contributed by atoms with van der Waals surface area (Å²) in [4.78, 5) is 13.2. The van der Waals surface area contributed by atoms with Crippen LogP contribution in [0, 0.1) is 0 Å². The smallest absolute Gasteiger partial charge is 0.304 e. The van der Waals surface area contributed by atoms with Crippen LogP contribution in [0.4, 0.5) is 0 Å². The monoisotopic (exact) mass is 228 g/mol. The third-order valence-corrected chi connectivity index (χ3v) is 3.39. The average Bonchev–Trinajstić information content (AvgIpc) is 2.29. The van der Waals surface area contributed by atoms with E-state index in [-0.39, 0.29) is 18.0 Å². The van der Waals surface area contributed by atoms with Crippen LogP contribution in [0.5, 0.6) is 0 Å². The third kappa shape index (κ3) is 3.46. The highest BCUT2D eigenvalue weighted by Crippen LogP contribution is 2.25. The molecule has 0 radical (unpaired) electrons. The predicted octanol–water partition coefficient (Wildman–Crippen LogP) is 1.31. The van der Waals surface area contributed by atoms with Gasteiger partial charge in [0, 0.05) is 18.1 Å². The van der Waals surface area contributed by atoms with Crippen LogP contribution in [0.25, 0.3) is 0 Å². The van der Waals surface area contributed by atoms with Crippen LogP contribution < -0.4 is 5.32 Å². The molecule has 0 aromatic rings. The molecule has 0 spiro atoms. The number of carboxylic acid groups (broad SMARTS) is 1. The van der Waals surface area contributed by atoms with Crippen molar-refractivity contribution in [2.75, 3.05) is 19.6 Å². The van der Waals surface area contributed by atoms with E-state index in [4.69, 9.17) is 5.11 Å². The Labute approximate surface area is 98.0 Å². The SMILES string of the molecule is CCCN1C(CC(=O)O)CNCCC1(C)C. The molecule has 1 fully saturated rings. The van der Waals surface area contributed by atoms with Crippen molar-refractivity contribution in [3.05, 3.63) is 0 Å². The molecule has 1 rings (SSSR count). The maximum absolute atomic E-state index is 10.9. The molecule has 1 saturated heterocycles. The summed E-state index contributed by atoms with van der Waals surface area (Å²) in [6, 6.07) is 0.120. The summed E-state index contributed by atoms with van der Waals surface area (Å²) in [6.45, 7) is 9.31. The van der Waals surface area contributed by atoms with Gasteiger partial charge in [-0.1, -0.05) is 6.92 Å². The minimum Gasteiger partial charge on any atom is -0.481 e. The van der Waals surface area contributed by atoms with Crippen LogP contribution >= 0.6 is 0 Å². The average molecular weight is 228 g/mol. The van der Waals surface area contributed by atoms with Crippen LogP contribution in [-0.2, 0) is 4.79 Å². The fraction of sp³-hybridized carbons (Fsp3) is 0.917. The molecule has 1 atom stereocenters. The van der Waals surface area contributed by atoms with Gasteiger partial charge in [-0.3, -0.25) is 9.69 Å². The minimum absolute atomic E-state index is 0.0969. The van der Waals surface area contributed by atoms with Gasteiger partial charge in [0.2, 0.25) is 0 Å². The largest absolute Gasteiger partial charge is 0.481 e. The number of carbonyl (C=O) groups is 1. The minimum atomic E-state index is -0.703. The van der Waals surface area contributed by atoms with Crippen molar-refractivity contribution < 1.29 is 9.90 Å². The van der Waals surface area contributed by atoms with Gasteiger partial charge in [-0.25, -0.2) is 0 Å². The number of hydrogen-bond donors (Lipinski definition) is 2. The lowest BCUT2D eigenvalue weighted by Gasteiger charge is -2.41. The standard InChI is InChI=1S/C12H24N2O2/c1-4-7-14-10(8-11(15)16)9-13-6-5-12(14,2)3/h10,13H,4-9H2,1-3H3,(H,15,16). The van der Waals surface area contributed by atoms with Crippen LogP contribution in [0.2, 0.25) is 0 Å². The van der Waals surface area contributed by atoms with Crippen LogP contribution in [-0.4, -0.2) is 47.2 Å². The van der Waals surface area contributed by atoms with Gasteiger partial charge in [0.05, 0.1) is 6.42 Å². The first-order chi connectivity index (χ1) is 7.47. The summed E-state index contributed by atoms with van der Waals surface area (Å²) in [5.41, 5.74) is 0.0969. The van der Waals surface area contributed by atoms with Crippen LogP contribution in [0.1, 0.15) is 40.0 Å². The van der Waals surface area contributed by atoms with E-state index in [1.807, 2.05) is 0 Å². The zero-order chi connectivity index (χ0) is 12.2. The molecule has 0 bridgehead atoms. The van der Waals surface area contributed by atoms with Crippen molar-refractivity contribution in [2.45, 2.75) is 51.6 Å². The van der Waals surface area contributed by atoms with Gasteiger partial charge in [0.25, 0.3) is 0 Å². The molecule has 1 unspecified atom stereocenters. The van der Waals surface area contributed by atoms with Crippen molar-refractivity contribution in [1.29, 1.82) is 0 Å². The molecular formula is C12H24N2O2. The fourth-order valence-electron chi connectivity index (χ4n) is 2.52. The number of hydrogen-bond acceptors (Lipinski definition) is 3. The van der Waals surface area contributed by atoms with E-state index in [0.717, 1.165) is 32.5 Å². The Kier molecular flexibility index (Phi) is 4.74. The molecule has 0 aromatic carbocycles. The zero-order valence-corrected chi connectivity index (χ0v) is 10.6. The lowest BCUT2D eigenvalue weighted by Crippen LogP contribution is -2.51. The first kappa shape index (κ1) is 13.5. The second kappa shape index (κ2) is 5.64. The second-order valence-corrected chi connectivity index (χ2v) is 5.21. The fourth-order valence-corrected chi connectivity index (χ4v) is 2.52. The highest BCUT2D eigenvalue weighted by Gasteiger charge is 2.34.